The van der Waals surface area contributed by atoms with E-state index in [1.54, 1.807) is 14.2 Å². The summed E-state index contributed by atoms with van der Waals surface area (Å²) < 4.78 is 10.8. The van der Waals surface area contributed by atoms with E-state index in [4.69, 9.17) is 15.2 Å². The fraction of sp³-hybridized carbons (Fsp3) is 0.412. The molecule has 0 saturated heterocycles. The van der Waals surface area contributed by atoms with Crippen LogP contribution in [-0.2, 0) is 12.8 Å². The van der Waals surface area contributed by atoms with Crippen molar-refractivity contribution in [2.24, 2.45) is 0 Å². The average Bonchev–Trinajstić information content (AvgIpc) is 2.74. The highest BCUT2D eigenvalue weighted by Gasteiger charge is 2.18. The Kier molecular flexibility index (Phi) is 4.23. The van der Waals surface area contributed by atoms with Crippen molar-refractivity contribution in [3.05, 3.63) is 35.0 Å². The van der Waals surface area contributed by atoms with Crippen LogP contribution >= 0.6 is 0 Å². The maximum absolute atomic E-state index is 5.78. The Labute approximate surface area is 136 Å². The fourth-order valence-corrected chi connectivity index (χ4v) is 3.02. The number of nitrogens with zero attached hydrogens (tertiary/aromatic N) is 3. The summed E-state index contributed by atoms with van der Waals surface area (Å²) in [4.78, 5) is 10.8. The summed E-state index contributed by atoms with van der Waals surface area (Å²) in [6, 6.07) is 6.14. The number of methoxy groups -OCH3 is 2. The number of ether oxygens (including phenoxy) is 2. The summed E-state index contributed by atoms with van der Waals surface area (Å²) in [5, 5.41) is 0. The molecule has 0 atom stereocenters. The smallest absolute Gasteiger partial charge is 0.222 e. The zero-order valence-electron chi connectivity index (χ0n) is 13.8. The van der Waals surface area contributed by atoms with E-state index < -0.39 is 0 Å². The van der Waals surface area contributed by atoms with Crippen LogP contribution < -0.4 is 20.1 Å². The van der Waals surface area contributed by atoms with Gasteiger partial charge in [0.2, 0.25) is 5.95 Å². The second-order valence-corrected chi connectivity index (χ2v) is 5.69. The molecule has 122 valence electrons. The first-order valence-electron chi connectivity index (χ1n) is 7.70. The Morgan fingerprint density at radius 1 is 0.957 bits per heavy atom. The number of anilines is 2. The Morgan fingerprint density at radius 2 is 1.52 bits per heavy atom. The van der Waals surface area contributed by atoms with Crippen LogP contribution in [0.3, 0.4) is 0 Å². The van der Waals surface area contributed by atoms with E-state index in [9.17, 15) is 0 Å². The van der Waals surface area contributed by atoms with Gasteiger partial charge in [-0.25, -0.2) is 4.98 Å². The van der Waals surface area contributed by atoms with Gasteiger partial charge in [0.25, 0.3) is 0 Å². The van der Waals surface area contributed by atoms with Crippen LogP contribution in [0.5, 0.6) is 11.5 Å². The van der Waals surface area contributed by atoms with Gasteiger partial charge in [-0.3, -0.25) is 0 Å². The quantitative estimate of drug-likeness (QED) is 0.934. The molecule has 1 aliphatic heterocycles. The van der Waals surface area contributed by atoms with Gasteiger partial charge in [-0.05, 0) is 43.0 Å². The minimum atomic E-state index is 0.324. The van der Waals surface area contributed by atoms with Crippen LogP contribution in [0.2, 0.25) is 0 Å². The standard InChI is InChI=1S/C17H22N4O2/c1-11-8-16(20-17(18)19-11)21-6-4-12-9-14(22-2)15(23-3)10-13(12)5-7-21/h8-10H,4-7H2,1-3H3,(H2,18,19,20). The second kappa shape index (κ2) is 6.32. The van der Waals surface area contributed by atoms with Crippen molar-refractivity contribution in [3.8, 4) is 11.5 Å². The molecule has 3 rings (SSSR count). The predicted molar refractivity (Wildman–Crippen MR) is 90.3 cm³/mol. The van der Waals surface area contributed by atoms with E-state index in [0.29, 0.717) is 5.95 Å². The molecule has 23 heavy (non-hydrogen) atoms. The Bertz CT molecular complexity index is 663. The van der Waals surface area contributed by atoms with E-state index in [2.05, 4.69) is 27.0 Å². The summed E-state index contributed by atoms with van der Waals surface area (Å²) in [7, 11) is 3.33. The first-order valence-corrected chi connectivity index (χ1v) is 7.70. The topological polar surface area (TPSA) is 73.5 Å². The van der Waals surface area contributed by atoms with Crippen LogP contribution in [0.25, 0.3) is 0 Å². The predicted octanol–water partition coefficient (Wildman–Crippen LogP) is 1.99. The van der Waals surface area contributed by atoms with Gasteiger partial charge in [-0.1, -0.05) is 0 Å². The van der Waals surface area contributed by atoms with Gasteiger partial charge in [-0.15, -0.1) is 0 Å². The molecule has 0 saturated carbocycles. The molecule has 2 heterocycles. The average molecular weight is 314 g/mol. The summed E-state index contributed by atoms with van der Waals surface area (Å²) in [5.74, 6) is 2.77. The first-order chi connectivity index (χ1) is 11.1. The molecule has 2 aromatic rings. The molecule has 0 unspecified atom stereocenters. The van der Waals surface area contributed by atoms with E-state index in [1.165, 1.54) is 11.1 Å². The van der Waals surface area contributed by atoms with Gasteiger partial charge < -0.3 is 20.1 Å². The van der Waals surface area contributed by atoms with Crippen LogP contribution in [0, 0.1) is 6.92 Å². The molecule has 1 aromatic carbocycles. The molecule has 0 amide bonds. The molecule has 0 fully saturated rings. The number of nitrogens with two attached hydrogens (primary N) is 1. The van der Waals surface area contributed by atoms with E-state index >= 15 is 0 Å². The fourth-order valence-electron chi connectivity index (χ4n) is 3.02. The number of rotatable bonds is 3. The van der Waals surface area contributed by atoms with Gasteiger partial charge in [0.1, 0.15) is 5.82 Å². The number of hydrogen-bond acceptors (Lipinski definition) is 6. The molecule has 0 bridgehead atoms. The molecule has 0 spiro atoms. The zero-order chi connectivity index (χ0) is 16.4. The lowest BCUT2D eigenvalue weighted by atomic mass is 10.0. The molecule has 6 heteroatoms. The molecule has 0 aliphatic carbocycles. The SMILES string of the molecule is COc1cc2c(cc1OC)CCN(c1cc(C)nc(N)n1)CC2. The van der Waals surface area contributed by atoms with Crippen molar-refractivity contribution < 1.29 is 9.47 Å². The van der Waals surface area contributed by atoms with Crippen molar-refractivity contribution >= 4 is 11.8 Å². The summed E-state index contributed by atoms with van der Waals surface area (Å²) in [5.41, 5.74) is 9.26. The largest absolute Gasteiger partial charge is 0.493 e. The number of benzene rings is 1. The summed E-state index contributed by atoms with van der Waals surface area (Å²) in [6.45, 7) is 3.71. The third kappa shape index (κ3) is 3.16. The normalized spacial score (nSPS) is 14.1. The van der Waals surface area contributed by atoms with Crippen molar-refractivity contribution in [2.45, 2.75) is 19.8 Å². The summed E-state index contributed by atoms with van der Waals surface area (Å²) >= 11 is 0. The number of hydrogen-bond donors (Lipinski definition) is 1. The van der Waals surface area contributed by atoms with Crippen molar-refractivity contribution in [2.75, 3.05) is 37.9 Å². The minimum absolute atomic E-state index is 0.324. The van der Waals surface area contributed by atoms with Gasteiger partial charge >= 0.3 is 0 Å². The van der Waals surface area contributed by atoms with Crippen molar-refractivity contribution in [1.82, 2.24) is 9.97 Å². The van der Waals surface area contributed by atoms with Crippen molar-refractivity contribution in [3.63, 3.8) is 0 Å². The third-order valence-electron chi connectivity index (χ3n) is 4.19. The maximum atomic E-state index is 5.78. The first kappa shape index (κ1) is 15.4. The van der Waals surface area contributed by atoms with Crippen LogP contribution in [0.1, 0.15) is 16.8 Å². The van der Waals surface area contributed by atoms with Gasteiger partial charge in [0.15, 0.2) is 11.5 Å². The van der Waals surface area contributed by atoms with Gasteiger partial charge in [-0.2, -0.15) is 4.98 Å². The monoisotopic (exact) mass is 314 g/mol. The number of aryl methyl sites for hydroxylation is 1. The Morgan fingerprint density at radius 3 is 2.00 bits per heavy atom. The van der Waals surface area contributed by atoms with Crippen molar-refractivity contribution in [1.29, 1.82) is 0 Å². The number of fused-ring (bicyclic) bond motifs is 1. The number of aromatic nitrogens is 2. The van der Waals surface area contributed by atoms with E-state index in [0.717, 1.165) is 48.9 Å². The lowest BCUT2D eigenvalue weighted by molar-refractivity contribution is 0.354. The van der Waals surface area contributed by atoms with Crippen LogP contribution in [0.15, 0.2) is 18.2 Å². The zero-order valence-corrected chi connectivity index (χ0v) is 13.8. The molecular formula is C17H22N4O2. The molecule has 2 N–H and O–H groups in total. The van der Waals surface area contributed by atoms with E-state index in [1.807, 2.05) is 13.0 Å². The molecule has 0 radical (unpaired) electrons. The maximum Gasteiger partial charge on any atom is 0.222 e. The second-order valence-electron chi connectivity index (χ2n) is 5.69. The Balaban J connectivity index is 1.87. The van der Waals surface area contributed by atoms with Crippen LogP contribution in [-0.4, -0.2) is 37.3 Å². The highest BCUT2D eigenvalue weighted by molar-refractivity contribution is 5.50. The lowest BCUT2D eigenvalue weighted by Gasteiger charge is -2.21. The third-order valence-corrected chi connectivity index (χ3v) is 4.19. The van der Waals surface area contributed by atoms with Gasteiger partial charge in [0, 0.05) is 24.8 Å². The highest BCUT2D eigenvalue weighted by atomic mass is 16.5. The molecule has 6 nitrogen and oxygen atoms in total. The van der Waals surface area contributed by atoms with Crippen LogP contribution in [0.4, 0.5) is 11.8 Å². The number of nitrogen functional groups attached to an aromatic ring is 1. The molecule has 1 aliphatic rings. The molecular weight excluding hydrogens is 292 g/mol. The minimum Gasteiger partial charge on any atom is -0.493 e. The lowest BCUT2D eigenvalue weighted by Crippen LogP contribution is -2.27. The Hall–Kier alpha value is -2.50. The van der Waals surface area contributed by atoms with Gasteiger partial charge in [0.05, 0.1) is 14.2 Å². The molecule has 1 aromatic heterocycles. The summed E-state index contributed by atoms with van der Waals surface area (Å²) in [6.07, 6.45) is 1.86. The van der Waals surface area contributed by atoms with E-state index in [-0.39, 0.29) is 0 Å². The highest BCUT2D eigenvalue weighted by Crippen LogP contribution is 2.32.